The summed E-state index contributed by atoms with van der Waals surface area (Å²) < 4.78 is 0. The fraction of sp³-hybridized carbons (Fsp3) is 0.0625. The summed E-state index contributed by atoms with van der Waals surface area (Å²) in [7, 11) is 0. The molecular formula is C64H45N. The Morgan fingerprint density at radius 3 is 1.49 bits per heavy atom. The monoisotopic (exact) mass is 827 g/mol. The zero-order chi connectivity index (χ0) is 43.3. The highest BCUT2D eigenvalue weighted by molar-refractivity contribution is 6.00. The predicted molar refractivity (Wildman–Crippen MR) is 271 cm³/mol. The topological polar surface area (TPSA) is 3.24 Å². The van der Waals surface area contributed by atoms with Crippen molar-refractivity contribution < 1.29 is 0 Å². The molecule has 1 heteroatoms. The van der Waals surface area contributed by atoms with Gasteiger partial charge in [-0.05, 0) is 143 Å². The van der Waals surface area contributed by atoms with Crippen molar-refractivity contribution in [1.82, 2.24) is 0 Å². The van der Waals surface area contributed by atoms with E-state index in [0.29, 0.717) is 0 Å². The Morgan fingerprint density at radius 2 is 0.738 bits per heavy atom. The predicted octanol–water partition coefficient (Wildman–Crippen LogP) is 16.8. The van der Waals surface area contributed by atoms with Crippen molar-refractivity contribution in [2.75, 3.05) is 4.90 Å². The number of benzene rings is 10. The van der Waals surface area contributed by atoms with Gasteiger partial charge in [0.1, 0.15) is 0 Å². The zero-order valence-corrected chi connectivity index (χ0v) is 36.5. The van der Waals surface area contributed by atoms with Crippen molar-refractivity contribution in [3.8, 4) is 66.8 Å². The lowest BCUT2D eigenvalue weighted by Gasteiger charge is -2.30. The van der Waals surface area contributed by atoms with Crippen LogP contribution in [0.4, 0.5) is 17.1 Å². The van der Waals surface area contributed by atoms with E-state index in [1.165, 1.54) is 100 Å². The highest BCUT2D eigenvalue weighted by Crippen LogP contribution is 2.64. The Labute approximate surface area is 381 Å². The van der Waals surface area contributed by atoms with E-state index in [0.717, 1.165) is 17.1 Å². The minimum atomic E-state index is -0.424. The Kier molecular flexibility index (Phi) is 8.24. The third-order valence-electron chi connectivity index (χ3n) is 14.7. The minimum Gasteiger partial charge on any atom is -0.310 e. The highest BCUT2D eigenvalue weighted by atomic mass is 15.1. The molecule has 65 heavy (non-hydrogen) atoms. The van der Waals surface area contributed by atoms with Crippen molar-refractivity contribution in [2.24, 2.45) is 0 Å². The van der Waals surface area contributed by atoms with Gasteiger partial charge in [0.15, 0.2) is 0 Å². The summed E-state index contributed by atoms with van der Waals surface area (Å²) in [6.45, 7) is 4.73. The Hall–Kier alpha value is -8.00. The molecule has 0 aliphatic heterocycles. The van der Waals surface area contributed by atoms with E-state index >= 15 is 0 Å². The first-order valence-electron chi connectivity index (χ1n) is 22.8. The number of hydrogen-bond donors (Lipinski definition) is 0. The number of anilines is 3. The molecule has 1 atom stereocenters. The zero-order valence-electron chi connectivity index (χ0n) is 36.5. The second-order valence-electron chi connectivity index (χ2n) is 18.4. The molecule has 0 bridgehead atoms. The molecule has 0 N–H and O–H groups in total. The van der Waals surface area contributed by atoms with Gasteiger partial charge in [0.2, 0.25) is 0 Å². The molecule has 10 aromatic rings. The summed E-state index contributed by atoms with van der Waals surface area (Å²) in [5.41, 5.74) is 26.2. The van der Waals surface area contributed by atoms with Crippen LogP contribution in [0.25, 0.3) is 66.8 Å². The summed E-state index contributed by atoms with van der Waals surface area (Å²) >= 11 is 0. The van der Waals surface area contributed by atoms with Crippen LogP contribution in [0.15, 0.2) is 237 Å². The highest BCUT2D eigenvalue weighted by Gasteiger charge is 2.52. The fourth-order valence-electron chi connectivity index (χ4n) is 11.8. The van der Waals surface area contributed by atoms with E-state index in [1.807, 2.05) is 0 Å². The molecule has 0 amide bonds. The van der Waals surface area contributed by atoms with Crippen LogP contribution in [-0.4, -0.2) is 0 Å². The molecule has 306 valence electrons. The molecule has 1 spiro atoms. The van der Waals surface area contributed by atoms with Gasteiger partial charge < -0.3 is 4.90 Å². The van der Waals surface area contributed by atoms with Crippen LogP contribution in [0, 0.1) is 0 Å². The lowest BCUT2D eigenvalue weighted by molar-refractivity contribution is 0.660. The molecule has 0 radical (unpaired) electrons. The molecule has 0 saturated carbocycles. The summed E-state index contributed by atoms with van der Waals surface area (Å²) in [5.74, 6) is 0. The molecule has 1 nitrogen and oxygen atoms in total. The SMILES string of the molecule is CC1(C)c2ccccc2-c2ccc(N(c3ccc(-c4ccccc4)cc3)c3cccc(-c4ccc5c(c4)-c4ccccc4C54c5ccccc5-c5c(-c6ccccc6)cccc54)c3)cc21. The van der Waals surface area contributed by atoms with Gasteiger partial charge in [0, 0.05) is 22.5 Å². The maximum absolute atomic E-state index is 2.46. The molecule has 0 aromatic heterocycles. The van der Waals surface area contributed by atoms with Crippen LogP contribution in [-0.2, 0) is 10.8 Å². The van der Waals surface area contributed by atoms with Crippen LogP contribution in [0.1, 0.15) is 47.2 Å². The third-order valence-corrected chi connectivity index (χ3v) is 14.7. The first kappa shape index (κ1) is 37.5. The Balaban J connectivity index is 0.962. The van der Waals surface area contributed by atoms with Crippen molar-refractivity contribution in [3.63, 3.8) is 0 Å². The number of hydrogen-bond acceptors (Lipinski definition) is 1. The quantitative estimate of drug-likeness (QED) is 0.161. The molecule has 13 rings (SSSR count). The van der Waals surface area contributed by atoms with Crippen molar-refractivity contribution in [2.45, 2.75) is 24.7 Å². The van der Waals surface area contributed by atoms with Gasteiger partial charge in [0.05, 0.1) is 5.41 Å². The van der Waals surface area contributed by atoms with Crippen LogP contribution in [0.2, 0.25) is 0 Å². The van der Waals surface area contributed by atoms with Gasteiger partial charge >= 0.3 is 0 Å². The number of rotatable bonds is 6. The van der Waals surface area contributed by atoms with Gasteiger partial charge in [-0.3, -0.25) is 0 Å². The van der Waals surface area contributed by atoms with Gasteiger partial charge in [-0.1, -0.05) is 208 Å². The van der Waals surface area contributed by atoms with E-state index in [2.05, 4.69) is 255 Å². The molecular weight excluding hydrogens is 783 g/mol. The standard InChI is InChI=1S/C64H45N/c1-63(2)56-27-12-9-23-51(56)53-37-36-49(41-61(53)63)65(47-34-31-43(32-35-47)42-17-5-3-6-18-42)48-22-15-21-45(39-48)46-33-38-59-55(40-46)52-24-10-13-28-57(52)64(59)58-29-14-11-25-54(58)62-50(26-16-30-60(62)64)44-19-7-4-8-20-44/h3-41H,1-2H3. The smallest absolute Gasteiger partial charge is 0.0725 e. The van der Waals surface area contributed by atoms with Gasteiger partial charge in [-0.15, -0.1) is 0 Å². The third kappa shape index (κ3) is 5.46. The Morgan fingerprint density at radius 1 is 0.262 bits per heavy atom. The molecule has 1 unspecified atom stereocenters. The average molecular weight is 828 g/mol. The lowest BCUT2D eigenvalue weighted by atomic mass is 9.70. The summed E-state index contributed by atoms with van der Waals surface area (Å²) in [6.07, 6.45) is 0. The Bertz CT molecular complexity index is 3510. The van der Waals surface area contributed by atoms with Crippen LogP contribution in [0.3, 0.4) is 0 Å². The molecule has 3 aliphatic carbocycles. The van der Waals surface area contributed by atoms with E-state index in [-0.39, 0.29) is 5.41 Å². The van der Waals surface area contributed by atoms with Crippen LogP contribution in [0.5, 0.6) is 0 Å². The minimum absolute atomic E-state index is 0.117. The normalized spacial score (nSPS) is 15.4. The first-order chi connectivity index (χ1) is 32.0. The van der Waals surface area contributed by atoms with Crippen molar-refractivity contribution in [1.29, 1.82) is 0 Å². The molecule has 10 aromatic carbocycles. The summed E-state index contributed by atoms with van der Waals surface area (Å²) in [4.78, 5) is 2.44. The van der Waals surface area contributed by atoms with Gasteiger partial charge in [-0.2, -0.15) is 0 Å². The van der Waals surface area contributed by atoms with Crippen molar-refractivity contribution >= 4 is 17.1 Å². The number of nitrogens with zero attached hydrogens (tertiary/aromatic N) is 1. The van der Waals surface area contributed by atoms with E-state index < -0.39 is 5.41 Å². The van der Waals surface area contributed by atoms with E-state index in [1.54, 1.807) is 0 Å². The molecule has 3 aliphatic rings. The van der Waals surface area contributed by atoms with Crippen LogP contribution < -0.4 is 4.90 Å². The largest absolute Gasteiger partial charge is 0.310 e. The number of fused-ring (bicyclic) bond motifs is 13. The van der Waals surface area contributed by atoms with E-state index in [9.17, 15) is 0 Å². The van der Waals surface area contributed by atoms with Crippen LogP contribution >= 0.6 is 0 Å². The maximum Gasteiger partial charge on any atom is 0.0725 e. The first-order valence-corrected chi connectivity index (χ1v) is 22.8. The summed E-state index contributed by atoms with van der Waals surface area (Å²) in [6, 6.07) is 88.1. The van der Waals surface area contributed by atoms with Gasteiger partial charge in [0.25, 0.3) is 0 Å². The van der Waals surface area contributed by atoms with Gasteiger partial charge in [-0.25, -0.2) is 0 Å². The van der Waals surface area contributed by atoms with Crippen molar-refractivity contribution in [3.05, 3.63) is 270 Å². The fourth-order valence-corrected chi connectivity index (χ4v) is 11.8. The molecule has 0 heterocycles. The molecule has 0 saturated heterocycles. The second kappa shape index (κ2) is 14.3. The second-order valence-corrected chi connectivity index (χ2v) is 18.4. The van der Waals surface area contributed by atoms with E-state index in [4.69, 9.17) is 0 Å². The maximum atomic E-state index is 2.46. The average Bonchev–Trinajstić information content (AvgIpc) is 3.93. The molecule has 0 fully saturated rings. The lowest BCUT2D eigenvalue weighted by Crippen LogP contribution is -2.25. The summed E-state index contributed by atoms with van der Waals surface area (Å²) in [5, 5.41) is 0.